The molecule has 0 aliphatic heterocycles. The van der Waals surface area contributed by atoms with Crippen molar-refractivity contribution < 1.29 is 14.4 Å². The average Bonchev–Trinajstić information content (AvgIpc) is 3.09. The van der Waals surface area contributed by atoms with Crippen molar-refractivity contribution in [3.05, 3.63) is 162 Å². The molecule has 0 heterocycles. The van der Waals surface area contributed by atoms with Crippen LogP contribution in [0.5, 0.6) is 0 Å². The third-order valence-corrected chi connectivity index (χ3v) is 8.29. The molecule has 0 aliphatic carbocycles. The van der Waals surface area contributed by atoms with E-state index in [1.807, 2.05) is 116 Å². The number of nitrogens with zero attached hydrogens (tertiary/aromatic N) is 1. The Bertz CT molecular complexity index is 1710. The molecule has 6 nitrogen and oxygen atoms in total. The SMILES string of the molecule is CCC(Sc1ccc(NC(=O)/C(=C/c2ccccc2)NC(=O)c2ccccc2)cc1)C(=O)N(c1ccccc1)c1ccccc1. The second kappa shape index (κ2) is 15.4. The van der Waals surface area contributed by atoms with E-state index in [2.05, 4.69) is 10.6 Å². The van der Waals surface area contributed by atoms with E-state index in [0.717, 1.165) is 21.8 Å². The Morgan fingerprint density at radius 3 is 1.73 bits per heavy atom. The lowest BCUT2D eigenvalue weighted by molar-refractivity contribution is -0.117. The van der Waals surface area contributed by atoms with E-state index in [-0.39, 0.29) is 22.8 Å². The first kappa shape index (κ1) is 31.0. The highest BCUT2D eigenvalue weighted by Gasteiger charge is 2.26. The molecule has 0 radical (unpaired) electrons. The number of rotatable bonds is 11. The summed E-state index contributed by atoms with van der Waals surface area (Å²) < 4.78 is 0. The van der Waals surface area contributed by atoms with Gasteiger partial charge in [-0.2, -0.15) is 0 Å². The van der Waals surface area contributed by atoms with Crippen molar-refractivity contribution in [2.75, 3.05) is 10.2 Å². The first-order chi connectivity index (χ1) is 22.0. The Hall–Kier alpha value is -5.40. The number of benzene rings is 5. The highest BCUT2D eigenvalue weighted by Crippen LogP contribution is 2.33. The van der Waals surface area contributed by atoms with Crippen LogP contribution >= 0.6 is 11.8 Å². The van der Waals surface area contributed by atoms with Crippen LogP contribution in [-0.2, 0) is 9.59 Å². The molecule has 3 amide bonds. The van der Waals surface area contributed by atoms with Crippen molar-refractivity contribution >= 4 is 52.6 Å². The molecule has 7 heteroatoms. The third kappa shape index (κ3) is 8.37. The highest BCUT2D eigenvalue weighted by molar-refractivity contribution is 8.00. The first-order valence-electron chi connectivity index (χ1n) is 14.7. The lowest BCUT2D eigenvalue weighted by Gasteiger charge is -2.27. The molecule has 0 saturated heterocycles. The van der Waals surface area contributed by atoms with E-state index in [1.54, 1.807) is 47.4 Å². The smallest absolute Gasteiger partial charge is 0.272 e. The summed E-state index contributed by atoms with van der Waals surface area (Å²) in [5, 5.41) is 5.32. The molecule has 224 valence electrons. The molecule has 5 rings (SSSR count). The lowest BCUT2D eigenvalue weighted by atomic mass is 10.1. The van der Waals surface area contributed by atoms with Gasteiger partial charge in [0, 0.05) is 27.5 Å². The fourth-order valence-electron chi connectivity index (χ4n) is 4.65. The molecule has 1 unspecified atom stereocenters. The van der Waals surface area contributed by atoms with Gasteiger partial charge in [-0.05, 0) is 78.7 Å². The minimum Gasteiger partial charge on any atom is -0.321 e. The summed E-state index contributed by atoms with van der Waals surface area (Å²) >= 11 is 1.48. The Labute approximate surface area is 267 Å². The lowest BCUT2D eigenvalue weighted by Crippen LogP contribution is -2.34. The molecule has 0 bridgehead atoms. The molecule has 2 N–H and O–H groups in total. The number of hydrogen-bond acceptors (Lipinski definition) is 4. The molecule has 5 aromatic carbocycles. The maximum atomic E-state index is 13.9. The van der Waals surface area contributed by atoms with Crippen LogP contribution in [0.15, 0.2) is 156 Å². The van der Waals surface area contributed by atoms with E-state index in [0.29, 0.717) is 17.7 Å². The normalized spacial score (nSPS) is 11.7. The summed E-state index contributed by atoms with van der Waals surface area (Å²) in [6.45, 7) is 2.00. The van der Waals surface area contributed by atoms with Gasteiger partial charge >= 0.3 is 0 Å². The van der Waals surface area contributed by atoms with Crippen molar-refractivity contribution in [3.8, 4) is 0 Å². The fourth-order valence-corrected chi connectivity index (χ4v) is 5.64. The topological polar surface area (TPSA) is 78.5 Å². The standard InChI is InChI=1S/C38H33N3O3S/c1-2-35(38(44)41(31-19-11-5-12-20-31)32-21-13-6-14-22-32)45-33-25-23-30(24-26-33)39-37(43)34(27-28-15-7-3-8-16-28)40-36(42)29-17-9-4-10-18-29/h3-27,35H,2H2,1H3,(H,39,43)(H,40,42)/b34-27-. The summed E-state index contributed by atoms with van der Waals surface area (Å²) in [5.74, 6) is -0.844. The third-order valence-electron chi connectivity index (χ3n) is 6.93. The van der Waals surface area contributed by atoms with Crippen LogP contribution in [0.25, 0.3) is 6.08 Å². The van der Waals surface area contributed by atoms with Crippen LogP contribution in [0.1, 0.15) is 29.3 Å². The second-order valence-corrected chi connectivity index (χ2v) is 11.4. The Balaban J connectivity index is 1.30. The number of carbonyl (C=O) groups excluding carboxylic acids is 3. The molecule has 0 fully saturated rings. The monoisotopic (exact) mass is 611 g/mol. The Morgan fingerprint density at radius 2 is 1.20 bits per heavy atom. The molecule has 0 aromatic heterocycles. The van der Waals surface area contributed by atoms with E-state index in [1.165, 1.54) is 11.8 Å². The number of anilines is 3. The summed E-state index contributed by atoms with van der Waals surface area (Å²) in [6, 6.07) is 44.7. The first-order valence-corrected chi connectivity index (χ1v) is 15.5. The maximum Gasteiger partial charge on any atom is 0.272 e. The molecular formula is C38H33N3O3S. The molecule has 1 atom stereocenters. The Morgan fingerprint density at radius 1 is 0.689 bits per heavy atom. The van der Waals surface area contributed by atoms with Crippen LogP contribution in [-0.4, -0.2) is 23.0 Å². The maximum absolute atomic E-state index is 13.9. The van der Waals surface area contributed by atoms with Gasteiger partial charge in [-0.1, -0.05) is 91.9 Å². The van der Waals surface area contributed by atoms with Gasteiger partial charge in [-0.25, -0.2) is 0 Å². The van der Waals surface area contributed by atoms with Gasteiger partial charge in [0.05, 0.1) is 5.25 Å². The molecular weight excluding hydrogens is 579 g/mol. The summed E-state index contributed by atoms with van der Waals surface area (Å²) in [7, 11) is 0. The van der Waals surface area contributed by atoms with Crippen LogP contribution in [0.2, 0.25) is 0 Å². The molecule has 0 spiro atoms. The number of hydrogen-bond donors (Lipinski definition) is 2. The van der Waals surface area contributed by atoms with Crippen molar-refractivity contribution in [1.82, 2.24) is 5.32 Å². The fraction of sp³-hybridized carbons (Fsp3) is 0.0789. The molecule has 5 aromatic rings. The van der Waals surface area contributed by atoms with E-state index < -0.39 is 5.91 Å². The number of thioether (sulfide) groups is 1. The quantitative estimate of drug-likeness (QED) is 0.116. The van der Waals surface area contributed by atoms with Gasteiger partial charge in [0.2, 0.25) is 5.91 Å². The minimum absolute atomic E-state index is 0.0119. The molecule has 0 aliphatic rings. The zero-order chi connectivity index (χ0) is 31.4. The van der Waals surface area contributed by atoms with E-state index >= 15 is 0 Å². The summed E-state index contributed by atoms with van der Waals surface area (Å²) in [6.07, 6.45) is 2.27. The van der Waals surface area contributed by atoms with Gasteiger partial charge in [0.25, 0.3) is 11.8 Å². The molecule has 0 saturated carbocycles. The van der Waals surface area contributed by atoms with Crippen molar-refractivity contribution in [2.45, 2.75) is 23.5 Å². The number of amides is 3. The number of nitrogens with one attached hydrogen (secondary N) is 2. The number of para-hydroxylation sites is 2. The largest absolute Gasteiger partial charge is 0.321 e. The van der Waals surface area contributed by atoms with Crippen LogP contribution < -0.4 is 15.5 Å². The van der Waals surface area contributed by atoms with Crippen molar-refractivity contribution in [2.24, 2.45) is 0 Å². The predicted octanol–water partition coefficient (Wildman–Crippen LogP) is 8.33. The molecule has 45 heavy (non-hydrogen) atoms. The van der Waals surface area contributed by atoms with Crippen LogP contribution in [0.4, 0.5) is 17.1 Å². The minimum atomic E-state index is -0.452. The van der Waals surface area contributed by atoms with Gasteiger partial charge < -0.3 is 10.6 Å². The van der Waals surface area contributed by atoms with Crippen LogP contribution in [0, 0.1) is 0 Å². The zero-order valence-electron chi connectivity index (χ0n) is 24.8. The number of carbonyl (C=O) groups is 3. The van der Waals surface area contributed by atoms with Gasteiger partial charge in [0.1, 0.15) is 5.70 Å². The van der Waals surface area contributed by atoms with Gasteiger partial charge in [-0.15, -0.1) is 11.8 Å². The van der Waals surface area contributed by atoms with Crippen LogP contribution in [0.3, 0.4) is 0 Å². The average molecular weight is 612 g/mol. The predicted molar refractivity (Wildman–Crippen MR) is 183 cm³/mol. The van der Waals surface area contributed by atoms with E-state index in [4.69, 9.17) is 0 Å². The van der Waals surface area contributed by atoms with Gasteiger partial charge in [-0.3, -0.25) is 19.3 Å². The summed E-state index contributed by atoms with van der Waals surface area (Å²) in [5.41, 5.74) is 3.52. The highest BCUT2D eigenvalue weighted by atomic mass is 32.2. The van der Waals surface area contributed by atoms with Gasteiger partial charge in [0.15, 0.2) is 0 Å². The zero-order valence-corrected chi connectivity index (χ0v) is 25.6. The summed E-state index contributed by atoms with van der Waals surface area (Å²) in [4.78, 5) is 42.8. The Kier molecular flexibility index (Phi) is 10.6. The van der Waals surface area contributed by atoms with E-state index in [9.17, 15) is 14.4 Å². The van der Waals surface area contributed by atoms with Crippen molar-refractivity contribution in [3.63, 3.8) is 0 Å². The second-order valence-electron chi connectivity index (χ2n) is 10.1. The van der Waals surface area contributed by atoms with Crippen molar-refractivity contribution in [1.29, 1.82) is 0 Å².